The number of hydrogen-bond acceptors (Lipinski definition) is 5. The number of piperazine rings is 1. The fraction of sp³-hybridized carbons (Fsp3) is 0.708. The number of para-hydroxylation sites is 1. The van der Waals surface area contributed by atoms with E-state index >= 15 is 0 Å². The number of benzene rings is 1. The Morgan fingerprint density at radius 2 is 1.73 bits per heavy atom. The normalized spacial score (nSPS) is 23.1. The van der Waals surface area contributed by atoms with Crippen molar-refractivity contribution < 1.29 is 14.6 Å². The summed E-state index contributed by atoms with van der Waals surface area (Å²) in [5, 5.41) is 10.4. The summed E-state index contributed by atoms with van der Waals surface area (Å²) in [4.78, 5) is 19.4. The second-order valence-corrected chi connectivity index (χ2v) is 9.17. The number of piperidine rings is 1. The number of aliphatic hydroxyl groups excluding tert-OH is 1. The zero-order valence-corrected chi connectivity index (χ0v) is 18.2. The summed E-state index contributed by atoms with van der Waals surface area (Å²) in [6.45, 7) is 6.09. The number of likely N-dealkylation sites (tertiary alicyclic amines) is 1. The first-order chi connectivity index (χ1) is 14.7. The molecule has 4 rings (SSSR count). The molecule has 1 amide bonds. The number of β-amino-alcohol motifs (C(OH)–C–C–N with tert-alkyl or cyclic N) is 1. The predicted molar refractivity (Wildman–Crippen MR) is 117 cm³/mol. The van der Waals surface area contributed by atoms with Gasteiger partial charge in [0.25, 0.3) is 0 Å². The number of amides is 1. The Bertz CT molecular complexity index is 686. The van der Waals surface area contributed by atoms with Crippen molar-refractivity contribution in [3.8, 4) is 5.75 Å². The van der Waals surface area contributed by atoms with Crippen LogP contribution in [0.4, 0.5) is 0 Å². The molecule has 1 atom stereocenters. The quantitative estimate of drug-likeness (QED) is 0.707. The Kier molecular flexibility index (Phi) is 7.63. The summed E-state index contributed by atoms with van der Waals surface area (Å²) >= 11 is 0. The molecule has 2 aliphatic heterocycles. The van der Waals surface area contributed by atoms with Gasteiger partial charge in [-0.15, -0.1) is 0 Å². The average molecular weight is 416 g/mol. The van der Waals surface area contributed by atoms with Gasteiger partial charge in [-0.1, -0.05) is 37.5 Å². The number of carbonyl (C=O) groups is 1. The maximum atomic E-state index is 12.7. The van der Waals surface area contributed by atoms with E-state index in [1.165, 1.54) is 44.9 Å². The van der Waals surface area contributed by atoms with Crippen LogP contribution in [-0.4, -0.2) is 83.7 Å². The van der Waals surface area contributed by atoms with Crippen molar-refractivity contribution in [2.75, 3.05) is 45.9 Å². The van der Waals surface area contributed by atoms with Crippen molar-refractivity contribution in [1.82, 2.24) is 14.7 Å². The third-order valence-electron chi connectivity index (χ3n) is 6.82. The summed E-state index contributed by atoms with van der Waals surface area (Å²) in [6, 6.07) is 8.50. The molecule has 1 aliphatic carbocycles. The summed E-state index contributed by atoms with van der Waals surface area (Å²) in [5.41, 5.74) is 1.09. The van der Waals surface area contributed by atoms with Gasteiger partial charge in [0.1, 0.15) is 18.5 Å². The van der Waals surface area contributed by atoms with E-state index < -0.39 is 6.10 Å². The standard InChI is InChI=1S/C24H37N3O3/c28-22(17-25-12-6-1-7-13-25)19-30-23-11-5-2-8-20(23)16-26-14-15-27(24(29)18-26)21-9-3-4-10-21/h2,5,8,11,21-22,28H,1,3-4,6-7,9-10,12-19H2. The van der Waals surface area contributed by atoms with Gasteiger partial charge in [-0.2, -0.15) is 0 Å². The number of hydrogen-bond donors (Lipinski definition) is 1. The molecule has 3 aliphatic rings. The van der Waals surface area contributed by atoms with Gasteiger partial charge in [-0.05, 0) is 44.8 Å². The number of ether oxygens (including phenoxy) is 1. The smallest absolute Gasteiger partial charge is 0.237 e. The van der Waals surface area contributed by atoms with Crippen LogP contribution in [0.5, 0.6) is 5.75 Å². The Morgan fingerprint density at radius 3 is 2.50 bits per heavy atom. The summed E-state index contributed by atoms with van der Waals surface area (Å²) in [5.74, 6) is 1.09. The molecular weight excluding hydrogens is 378 g/mol. The van der Waals surface area contributed by atoms with Crippen LogP contribution in [0, 0.1) is 0 Å². The largest absolute Gasteiger partial charge is 0.491 e. The maximum Gasteiger partial charge on any atom is 0.237 e. The molecule has 0 aromatic heterocycles. The lowest BCUT2D eigenvalue weighted by Gasteiger charge is -2.38. The van der Waals surface area contributed by atoms with Crippen molar-refractivity contribution in [2.45, 2.75) is 63.6 Å². The van der Waals surface area contributed by atoms with E-state index in [2.05, 4.69) is 20.8 Å². The second kappa shape index (κ2) is 10.6. The van der Waals surface area contributed by atoms with Crippen molar-refractivity contribution in [3.05, 3.63) is 29.8 Å². The molecule has 30 heavy (non-hydrogen) atoms. The van der Waals surface area contributed by atoms with Gasteiger partial charge < -0.3 is 19.6 Å². The van der Waals surface area contributed by atoms with Crippen LogP contribution >= 0.6 is 0 Å². The third-order valence-corrected chi connectivity index (χ3v) is 6.82. The van der Waals surface area contributed by atoms with Gasteiger partial charge in [-0.3, -0.25) is 9.69 Å². The topological polar surface area (TPSA) is 56.3 Å². The third kappa shape index (κ3) is 5.74. The van der Waals surface area contributed by atoms with Crippen LogP contribution in [-0.2, 0) is 11.3 Å². The Balaban J connectivity index is 1.27. The van der Waals surface area contributed by atoms with Gasteiger partial charge in [0.2, 0.25) is 5.91 Å². The van der Waals surface area contributed by atoms with E-state index in [0.29, 0.717) is 32.3 Å². The van der Waals surface area contributed by atoms with Gasteiger partial charge in [0.15, 0.2) is 0 Å². The van der Waals surface area contributed by atoms with Crippen LogP contribution in [0.15, 0.2) is 24.3 Å². The van der Waals surface area contributed by atoms with Crippen LogP contribution in [0.25, 0.3) is 0 Å². The molecule has 1 N–H and O–H groups in total. The highest BCUT2D eigenvalue weighted by Crippen LogP contribution is 2.26. The number of aliphatic hydroxyl groups is 1. The average Bonchev–Trinajstić information content (AvgIpc) is 3.28. The Labute approximate surface area is 180 Å². The highest BCUT2D eigenvalue weighted by molar-refractivity contribution is 5.79. The summed E-state index contributed by atoms with van der Waals surface area (Å²) in [6.07, 6.45) is 8.12. The minimum Gasteiger partial charge on any atom is -0.491 e. The lowest BCUT2D eigenvalue weighted by molar-refractivity contribution is -0.138. The molecule has 0 bridgehead atoms. The molecule has 1 aromatic carbocycles. The van der Waals surface area contributed by atoms with Gasteiger partial charge in [0.05, 0.1) is 6.54 Å². The highest BCUT2D eigenvalue weighted by atomic mass is 16.5. The molecule has 2 saturated heterocycles. The molecule has 166 valence electrons. The fourth-order valence-corrected chi connectivity index (χ4v) is 5.17. The van der Waals surface area contributed by atoms with E-state index in [0.717, 1.165) is 37.5 Å². The van der Waals surface area contributed by atoms with Crippen molar-refractivity contribution >= 4 is 5.91 Å². The van der Waals surface area contributed by atoms with Gasteiger partial charge in [-0.25, -0.2) is 0 Å². The first-order valence-corrected chi connectivity index (χ1v) is 11.8. The number of rotatable bonds is 8. The molecule has 6 nitrogen and oxygen atoms in total. The number of nitrogens with zero attached hydrogens (tertiary/aromatic N) is 3. The zero-order chi connectivity index (χ0) is 20.8. The van der Waals surface area contributed by atoms with E-state index in [1.54, 1.807) is 0 Å². The molecule has 3 fully saturated rings. The van der Waals surface area contributed by atoms with Gasteiger partial charge >= 0.3 is 0 Å². The van der Waals surface area contributed by atoms with Crippen molar-refractivity contribution in [2.24, 2.45) is 0 Å². The SMILES string of the molecule is O=C1CN(Cc2ccccc2OCC(O)CN2CCCCC2)CCN1C1CCCC1. The Morgan fingerprint density at radius 1 is 0.967 bits per heavy atom. The molecule has 6 heteroatoms. The molecule has 0 radical (unpaired) electrons. The molecule has 1 saturated carbocycles. The maximum absolute atomic E-state index is 12.7. The van der Waals surface area contributed by atoms with Crippen molar-refractivity contribution in [3.63, 3.8) is 0 Å². The molecule has 0 spiro atoms. The predicted octanol–water partition coefficient (Wildman–Crippen LogP) is 2.50. The minimum atomic E-state index is -0.479. The lowest BCUT2D eigenvalue weighted by Crippen LogP contribution is -2.53. The monoisotopic (exact) mass is 415 g/mol. The van der Waals surface area contributed by atoms with E-state index in [4.69, 9.17) is 4.74 Å². The molecule has 2 heterocycles. The minimum absolute atomic E-state index is 0.267. The lowest BCUT2D eigenvalue weighted by atomic mass is 10.1. The van der Waals surface area contributed by atoms with E-state index in [-0.39, 0.29) is 5.91 Å². The second-order valence-electron chi connectivity index (χ2n) is 9.17. The Hall–Kier alpha value is -1.63. The summed E-state index contributed by atoms with van der Waals surface area (Å²) in [7, 11) is 0. The summed E-state index contributed by atoms with van der Waals surface area (Å²) < 4.78 is 6.01. The first kappa shape index (κ1) is 21.6. The highest BCUT2D eigenvalue weighted by Gasteiger charge is 2.31. The first-order valence-electron chi connectivity index (χ1n) is 11.8. The zero-order valence-electron chi connectivity index (χ0n) is 18.2. The van der Waals surface area contributed by atoms with Crippen LogP contribution in [0.3, 0.4) is 0 Å². The number of carbonyl (C=O) groups excluding carboxylic acids is 1. The van der Waals surface area contributed by atoms with E-state index in [1.807, 2.05) is 18.2 Å². The van der Waals surface area contributed by atoms with E-state index in [9.17, 15) is 9.90 Å². The van der Waals surface area contributed by atoms with Crippen molar-refractivity contribution in [1.29, 1.82) is 0 Å². The molecule has 1 aromatic rings. The van der Waals surface area contributed by atoms with Crippen LogP contribution in [0.2, 0.25) is 0 Å². The fourth-order valence-electron chi connectivity index (χ4n) is 5.17. The van der Waals surface area contributed by atoms with Gasteiger partial charge in [0, 0.05) is 37.8 Å². The van der Waals surface area contributed by atoms with Crippen LogP contribution in [0.1, 0.15) is 50.5 Å². The molecular formula is C24H37N3O3. The molecule has 1 unspecified atom stereocenters. The van der Waals surface area contributed by atoms with Crippen LogP contribution < -0.4 is 4.74 Å².